The molecule has 0 saturated carbocycles. The highest BCUT2D eigenvalue weighted by Gasteiger charge is 2.39. The number of anilines is 1. The molecule has 0 bridgehead atoms. The van der Waals surface area contributed by atoms with Crippen LogP contribution in [0.2, 0.25) is 0 Å². The fourth-order valence-electron chi connectivity index (χ4n) is 2.44. The minimum Gasteiger partial charge on any atom is -0.368 e. The molecule has 9 heteroatoms. The summed E-state index contributed by atoms with van der Waals surface area (Å²) in [5, 5.41) is 3.97. The Balaban J connectivity index is 2.36. The molecule has 0 aliphatic carbocycles. The van der Waals surface area contributed by atoms with Crippen LogP contribution in [-0.4, -0.2) is 19.6 Å². The van der Waals surface area contributed by atoms with Gasteiger partial charge in [-0.3, -0.25) is 0 Å². The lowest BCUT2D eigenvalue weighted by Gasteiger charge is -2.14. The van der Waals surface area contributed by atoms with E-state index in [4.69, 9.17) is 5.73 Å². The summed E-state index contributed by atoms with van der Waals surface area (Å²) in [6.45, 7) is 1.86. The number of aryl methyl sites for hydroxylation is 1. The topological polar surface area (TPSA) is 69.1 Å². The predicted octanol–water partition coefficient (Wildman–Crippen LogP) is 3.48. The van der Waals surface area contributed by atoms with Crippen LogP contribution < -0.4 is 5.73 Å². The molecule has 0 saturated heterocycles. The van der Waals surface area contributed by atoms with Gasteiger partial charge in [-0.25, -0.2) is 14.4 Å². The second-order valence-corrected chi connectivity index (χ2v) is 5.22. The second kappa shape index (κ2) is 5.73. The summed E-state index contributed by atoms with van der Waals surface area (Å²) in [6.07, 6.45) is -3.67. The van der Waals surface area contributed by atoms with Crippen LogP contribution in [0.5, 0.6) is 0 Å². The maximum absolute atomic E-state index is 13.6. The van der Waals surface area contributed by atoms with Crippen molar-refractivity contribution in [1.29, 1.82) is 0 Å². The van der Waals surface area contributed by atoms with E-state index in [-0.39, 0.29) is 17.3 Å². The lowest BCUT2D eigenvalue weighted by atomic mass is 10.1. The average Bonchev–Trinajstić information content (AvgIpc) is 2.90. The summed E-state index contributed by atoms with van der Waals surface area (Å²) in [7, 11) is 0. The van der Waals surface area contributed by atoms with Gasteiger partial charge in [0.15, 0.2) is 11.5 Å². The van der Waals surface area contributed by atoms with Gasteiger partial charge in [-0.1, -0.05) is 19.1 Å². The zero-order chi connectivity index (χ0) is 17.5. The van der Waals surface area contributed by atoms with Gasteiger partial charge in [0.2, 0.25) is 5.95 Å². The number of hydrogen-bond donors (Lipinski definition) is 1. The summed E-state index contributed by atoms with van der Waals surface area (Å²) in [5.41, 5.74) is 3.72. The zero-order valence-corrected chi connectivity index (χ0v) is 12.6. The molecule has 0 unspecified atom stereocenters. The Morgan fingerprint density at radius 1 is 1.21 bits per heavy atom. The van der Waals surface area contributed by atoms with Gasteiger partial charge in [-0.2, -0.15) is 17.7 Å². The normalized spacial score (nSPS) is 12.0. The van der Waals surface area contributed by atoms with Crippen LogP contribution in [0, 0.1) is 5.82 Å². The number of nitrogens with two attached hydrogens (primary N) is 1. The van der Waals surface area contributed by atoms with Gasteiger partial charge in [0.05, 0.1) is 5.69 Å². The first-order chi connectivity index (χ1) is 11.3. The highest BCUT2D eigenvalue weighted by atomic mass is 19.4. The van der Waals surface area contributed by atoms with E-state index in [9.17, 15) is 17.6 Å². The first-order valence-electron chi connectivity index (χ1n) is 7.19. The molecule has 0 atom stereocenters. The summed E-state index contributed by atoms with van der Waals surface area (Å²) in [4.78, 5) is 7.76. The lowest BCUT2D eigenvalue weighted by molar-refractivity contribution is -0.136. The van der Waals surface area contributed by atoms with Crippen LogP contribution in [-0.2, 0) is 12.6 Å². The Morgan fingerprint density at radius 2 is 1.96 bits per heavy atom. The number of halogens is 4. The molecule has 0 aliphatic rings. The summed E-state index contributed by atoms with van der Waals surface area (Å²) in [6, 6.07) is 4.74. The van der Waals surface area contributed by atoms with E-state index in [1.54, 1.807) is 0 Å². The van der Waals surface area contributed by atoms with E-state index < -0.39 is 28.9 Å². The van der Waals surface area contributed by atoms with Crippen LogP contribution in [0.4, 0.5) is 23.5 Å². The van der Waals surface area contributed by atoms with Crippen molar-refractivity contribution in [3.05, 3.63) is 41.5 Å². The van der Waals surface area contributed by atoms with Gasteiger partial charge in [-0.05, 0) is 18.6 Å². The van der Waals surface area contributed by atoms with E-state index in [0.717, 1.165) is 16.6 Å². The van der Waals surface area contributed by atoms with Crippen molar-refractivity contribution in [3.8, 4) is 11.3 Å². The van der Waals surface area contributed by atoms with Crippen molar-refractivity contribution in [2.75, 3.05) is 5.73 Å². The number of hydrogen-bond acceptors (Lipinski definition) is 4. The highest BCUT2D eigenvalue weighted by molar-refractivity contribution is 5.72. The maximum atomic E-state index is 13.6. The molecule has 5 nitrogen and oxygen atoms in total. The van der Waals surface area contributed by atoms with Crippen LogP contribution in [0.15, 0.2) is 24.3 Å². The third-order valence-electron chi connectivity index (χ3n) is 3.41. The van der Waals surface area contributed by atoms with Crippen LogP contribution in [0.25, 0.3) is 16.9 Å². The minimum atomic E-state index is -4.75. The molecule has 3 rings (SSSR count). The molecule has 24 heavy (non-hydrogen) atoms. The van der Waals surface area contributed by atoms with Crippen molar-refractivity contribution < 1.29 is 17.6 Å². The van der Waals surface area contributed by atoms with Gasteiger partial charge in [0.25, 0.3) is 0 Å². The van der Waals surface area contributed by atoms with Crippen molar-refractivity contribution in [2.24, 2.45) is 0 Å². The Bertz CT molecular complexity index is 901. The maximum Gasteiger partial charge on any atom is 0.422 e. The Morgan fingerprint density at radius 3 is 2.58 bits per heavy atom. The number of nitrogen functional groups attached to an aromatic ring is 1. The van der Waals surface area contributed by atoms with Gasteiger partial charge in [0.1, 0.15) is 11.4 Å². The zero-order valence-electron chi connectivity index (χ0n) is 12.6. The van der Waals surface area contributed by atoms with Gasteiger partial charge < -0.3 is 5.73 Å². The molecule has 0 amide bonds. The van der Waals surface area contributed by atoms with E-state index >= 15 is 0 Å². The number of fused-ring (bicyclic) bond motifs is 1. The molecule has 2 heterocycles. The van der Waals surface area contributed by atoms with Gasteiger partial charge in [-0.15, -0.1) is 5.10 Å². The molecule has 0 fully saturated rings. The molecule has 0 radical (unpaired) electrons. The minimum absolute atomic E-state index is 0.0310. The highest BCUT2D eigenvalue weighted by Crippen LogP contribution is 2.39. The summed E-state index contributed by atoms with van der Waals surface area (Å²) < 4.78 is 55.2. The van der Waals surface area contributed by atoms with Crippen LogP contribution >= 0.6 is 0 Å². The second-order valence-electron chi connectivity index (χ2n) is 5.22. The van der Waals surface area contributed by atoms with Crippen LogP contribution in [0.1, 0.15) is 24.7 Å². The molecule has 2 N–H and O–H groups in total. The number of alkyl halides is 3. The number of aromatic nitrogens is 4. The molecule has 1 aromatic carbocycles. The van der Waals surface area contributed by atoms with Crippen LogP contribution in [0.3, 0.4) is 0 Å². The van der Waals surface area contributed by atoms with Crippen molar-refractivity contribution in [1.82, 2.24) is 19.6 Å². The van der Waals surface area contributed by atoms with E-state index in [0.29, 0.717) is 12.8 Å². The molecule has 2 aromatic heterocycles. The molecular formula is C15H13F4N5. The SMILES string of the molecule is CCCc1nc2c(C(F)(F)F)c(-c3cccc(F)c3)nc(N)n2n1. The van der Waals surface area contributed by atoms with E-state index in [2.05, 4.69) is 15.1 Å². The first kappa shape index (κ1) is 16.2. The van der Waals surface area contributed by atoms with E-state index in [1.807, 2.05) is 6.92 Å². The fraction of sp³-hybridized carbons (Fsp3) is 0.267. The molecule has 0 aliphatic heterocycles. The van der Waals surface area contributed by atoms with Gasteiger partial charge >= 0.3 is 6.18 Å². The summed E-state index contributed by atoms with van der Waals surface area (Å²) in [5.74, 6) is -0.672. The number of benzene rings is 1. The van der Waals surface area contributed by atoms with Crippen molar-refractivity contribution in [2.45, 2.75) is 25.9 Å². The monoisotopic (exact) mass is 339 g/mol. The quantitative estimate of drug-likeness (QED) is 0.742. The average molecular weight is 339 g/mol. The van der Waals surface area contributed by atoms with E-state index in [1.165, 1.54) is 12.1 Å². The third kappa shape index (κ3) is 2.77. The lowest BCUT2D eigenvalue weighted by Crippen LogP contribution is -2.15. The standard InChI is InChI=1S/C15H13F4N5/c1-2-4-10-21-13-11(15(17,18)19)12(22-14(20)24(13)23-10)8-5-3-6-9(16)7-8/h3,5-7H,2,4H2,1H3,(H2,20,22). The molecule has 126 valence electrons. The fourth-order valence-corrected chi connectivity index (χ4v) is 2.44. The number of nitrogens with zero attached hydrogens (tertiary/aromatic N) is 4. The van der Waals surface area contributed by atoms with Crippen molar-refractivity contribution in [3.63, 3.8) is 0 Å². The predicted molar refractivity (Wildman–Crippen MR) is 79.6 cm³/mol. The summed E-state index contributed by atoms with van der Waals surface area (Å²) >= 11 is 0. The Labute approximate surface area is 134 Å². The smallest absolute Gasteiger partial charge is 0.368 e. The molecular weight excluding hydrogens is 326 g/mol. The first-order valence-corrected chi connectivity index (χ1v) is 7.19. The number of rotatable bonds is 3. The van der Waals surface area contributed by atoms with Gasteiger partial charge in [0, 0.05) is 12.0 Å². The molecule has 3 aromatic rings. The largest absolute Gasteiger partial charge is 0.422 e. The van der Waals surface area contributed by atoms with Crippen molar-refractivity contribution >= 4 is 11.6 Å². The third-order valence-corrected chi connectivity index (χ3v) is 3.41. The molecule has 0 spiro atoms. The Hall–Kier alpha value is -2.71. The Kier molecular flexibility index (Phi) is 3.86.